The molecule has 0 radical (unpaired) electrons. The number of aromatic nitrogens is 5. The monoisotopic (exact) mass is 679 g/mol. The molecule has 14 heteroatoms. The van der Waals surface area contributed by atoms with Crippen molar-refractivity contribution in [3.63, 3.8) is 0 Å². The fourth-order valence-electron chi connectivity index (χ4n) is 4.27. The molecule has 3 aromatic heterocycles. The second kappa shape index (κ2) is 16.1. The number of nitrogens with one attached hydrogen (secondary N) is 1. The zero-order valence-electron chi connectivity index (χ0n) is 24.8. The van der Waals surface area contributed by atoms with Crippen molar-refractivity contribution in [1.82, 2.24) is 24.5 Å². The van der Waals surface area contributed by atoms with Crippen LogP contribution in [0.2, 0.25) is 5.02 Å². The van der Waals surface area contributed by atoms with Crippen LogP contribution in [-0.2, 0) is 17.5 Å². The number of thioether (sulfide) groups is 1. The summed E-state index contributed by atoms with van der Waals surface area (Å²) in [6.45, 7) is 1.78. The molecule has 0 saturated heterocycles. The van der Waals surface area contributed by atoms with Crippen LogP contribution in [0.5, 0.6) is 11.5 Å². The molecular formula is C33H29ClF3N7O2S. The minimum Gasteiger partial charge on any atom is -0.456 e. The maximum Gasteiger partial charge on any atom is 0.416 e. The molecule has 0 fully saturated rings. The number of nitrogens with two attached hydrogens (primary N) is 1. The maximum absolute atomic E-state index is 13.0. The van der Waals surface area contributed by atoms with Gasteiger partial charge in [0.05, 0.1) is 29.3 Å². The van der Waals surface area contributed by atoms with E-state index in [0.29, 0.717) is 37.1 Å². The Morgan fingerprint density at radius 1 is 0.894 bits per heavy atom. The third-order valence-corrected chi connectivity index (χ3v) is 7.73. The standard InChI is InChI=1S/C29H24ClF3N4O2S.C4H5N3/c30-24-18-21(9-10-26(24)39-22-6-4-5-20(17-22)29(31,32)33)36-28-27-25(34-19-35-28)11-12-37(27)13-14-38-15-16-40-23-7-2-1-3-8-23;5-4-1-2-6-3-7-4/h1-12,17-19H,13-16H2,(H,34,35,36);1-3H,(H2,5,6,7). The van der Waals surface area contributed by atoms with Crippen LogP contribution >= 0.6 is 23.4 Å². The normalized spacial score (nSPS) is 11.1. The van der Waals surface area contributed by atoms with Crippen molar-refractivity contribution in [1.29, 1.82) is 0 Å². The van der Waals surface area contributed by atoms with Gasteiger partial charge in [-0.2, -0.15) is 13.2 Å². The lowest BCUT2D eigenvalue weighted by Gasteiger charge is -2.13. The van der Waals surface area contributed by atoms with Crippen LogP contribution in [0.1, 0.15) is 5.56 Å². The summed E-state index contributed by atoms with van der Waals surface area (Å²) in [6.07, 6.45) is 1.95. The molecule has 3 aromatic carbocycles. The van der Waals surface area contributed by atoms with Gasteiger partial charge in [-0.3, -0.25) is 0 Å². The average molecular weight is 680 g/mol. The van der Waals surface area contributed by atoms with Crippen LogP contribution in [0, 0.1) is 0 Å². The number of halogens is 4. The second-order valence-corrected chi connectivity index (χ2v) is 11.3. The largest absolute Gasteiger partial charge is 0.456 e. The molecule has 0 spiro atoms. The van der Waals surface area contributed by atoms with E-state index >= 15 is 0 Å². The number of nitrogens with zero attached hydrogens (tertiary/aromatic N) is 5. The molecule has 3 N–H and O–H groups in total. The number of alkyl halides is 3. The number of rotatable bonds is 11. The quantitative estimate of drug-likeness (QED) is 0.103. The topological polar surface area (TPSA) is 113 Å². The van der Waals surface area contributed by atoms with Crippen molar-refractivity contribution in [2.24, 2.45) is 0 Å². The summed E-state index contributed by atoms with van der Waals surface area (Å²) in [5.74, 6) is 2.21. The van der Waals surface area contributed by atoms with E-state index in [0.717, 1.165) is 28.9 Å². The molecule has 0 atom stereocenters. The van der Waals surface area contributed by atoms with Crippen molar-refractivity contribution in [2.45, 2.75) is 17.6 Å². The van der Waals surface area contributed by atoms with E-state index in [1.165, 1.54) is 29.7 Å². The predicted molar refractivity (Wildman–Crippen MR) is 178 cm³/mol. The summed E-state index contributed by atoms with van der Waals surface area (Å²) in [4.78, 5) is 17.3. The highest BCUT2D eigenvalue weighted by Crippen LogP contribution is 2.36. The Morgan fingerprint density at radius 2 is 1.74 bits per heavy atom. The molecule has 0 saturated carbocycles. The molecule has 0 bridgehead atoms. The molecule has 0 amide bonds. The Morgan fingerprint density at radius 3 is 2.47 bits per heavy atom. The van der Waals surface area contributed by atoms with Crippen LogP contribution < -0.4 is 15.8 Å². The SMILES string of the molecule is FC(F)(F)c1cccc(Oc2ccc(Nc3ncnc4ccn(CCOCCSc5ccccc5)c34)cc2Cl)c1.Nc1ccncn1. The van der Waals surface area contributed by atoms with Crippen LogP contribution in [0.3, 0.4) is 0 Å². The highest BCUT2D eigenvalue weighted by molar-refractivity contribution is 7.99. The van der Waals surface area contributed by atoms with E-state index in [1.807, 2.05) is 35.0 Å². The fourth-order valence-corrected chi connectivity index (χ4v) is 5.28. The second-order valence-electron chi connectivity index (χ2n) is 9.77. The molecule has 6 aromatic rings. The Hall–Kier alpha value is -4.85. The minimum atomic E-state index is -4.47. The van der Waals surface area contributed by atoms with Crippen LogP contribution in [-0.4, -0.2) is 43.5 Å². The first-order valence-electron chi connectivity index (χ1n) is 14.2. The Balaban J connectivity index is 0.000000549. The number of fused-ring (bicyclic) bond motifs is 1. The molecule has 9 nitrogen and oxygen atoms in total. The van der Waals surface area contributed by atoms with Gasteiger partial charge in [-0.25, -0.2) is 19.9 Å². The summed E-state index contributed by atoms with van der Waals surface area (Å²) < 4.78 is 52.6. The molecule has 0 aliphatic carbocycles. The molecule has 242 valence electrons. The van der Waals surface area contributed by atoms with Gasteiger partial charge in [0.2, 0.25) is 0 Å². The number of nitrogen functional groups attached to an aromatic ring is 1. The van der Waals surface area contributed by atoms with Crippen LogP contribution in [0.25, 0.3) is 11.0 Å². The van der Waals surface area contributed by atoms with Gasteiger partial charge in [-0.1, -0.05) is 35.9 Å². The van der Waals surface area contributed by atoms with Gasteiger partial charge in [0.1, 0.15) is 35.5 Å². The van der Waals surface area contributed by atoms with Crippen molar-refractivity contribution in [3.8, 4) is 11.5 Å². The molecular weight excluding hydrogens is 651 g/mol. The molecule has 0 aliphatic rings. The zero-order chi connectivity index (χ0) is 33.1. The lowest BCUT2D eigenvalue weighted by molar-refractivity contribution is -0.137. The van der Waals surface area contributed by atoms with E-state index in [-0.39, 0.29) is 16.5 Å². The van der Waals surface area contributed by atoms with E-state index < -0.39 is 11.7 Å². The maximum atomic E-state index is 13.0. The first-order chi connectivity index (χ1) is 22.8. The summed E-state index contributed by atoms with van der Waals surface area (Å²) in [7, 11) is 0. The van der Waals surface area contributed by atoms with Crippen molar-refractivity contribution in [3.05, 3.63) is 121 Å². The summed E-state index contributed by atoms with van der Waals surface area (Å²) in [6, 6.07) is 23.3. The average Bonchev–Trinajstić information content (AvgIpc) is 3.49. The van der Waals surface area contributed by atoms with Crippen molar-refractivity contribution >= 4 is 51.7 Å². The third-order valence-electron chi connectivity index (χ3n) is 6.45. The number of hydrogen-bond acceptors (Lipinski definition) is 9. The van der Waals surface area contributed by atoms with E-state index in [4.69, 9.17) is 26.8 Å². The highest BCUT2D eigenvalue weighted by atomic mass is 35.5. The highest BCUT2D eigenvalue weighted by Gasteiger charge is 2.30. The van der Waals surface area contributed by atoms with Gasteiger partial charge >= 0.3 is 6.18 Å². The van der Waals surface area contributed by atoms with Crippen molar-refractivity contribution in [2.75, 3.05) is 30.0 Å². The van der Waals surface area contributed by atoms with Gasteiger partial charge < -0.3 is 25.1 Å². The van der Waals surface area contributed by atoms with E-state index in [1.54, 1.807) is 42.2 Å². The van der Waals surface area contributed by atoms with Gasteiger partial charge in [0.25, 0.3) is 0 Å². The van der Waals surface area contributed by atoms with Gasteiger partial charge in [0.15, 0.2) is 5.82 Å². The third kappa shape index (κ3) is 9.82. The molecule has 0 aliphatic heterocycles. The smallest absolute Gasteiger partial charge is 0.416 e. The fraction of sp³-hybridized carbons (Fsp3) is 0.152. The summed E-state index contributed by atoms with van der Waals surface area (Å²) >= 11 is 8.16. The molecule has 6 rings (SSSR count). The first kappa shape index (κ1) is 33.5. The Bertz CT molecular complexity index is 1880. The van der Waals surface area contributed by atoms with Crippen molar-refractivity contribution < 1.29 is 22.6 Å². The van der Waals surface area contributed by atoms with Crippen LogP contribution in [0.15, 0.2) is 115 Å². The van der Waals surface area contributed by atoms with Gasteiger partial charge in [-0.05, 0) is 60.7 Å². The summed E-state index contributed by atoms with van der Waals surface area (Å²) in [5.41, 5.74) is 6.62. The molecule has 47 heavy (non-hydrogen) atoms. The van der Waals surface area contributed by atoms with E-state index in [2.05, 4.69) is 37.4 Å². The van der Waals surface area contributed by atoms with Gasteiger partial charge in [-0.15, -0.1) is 11.8 Å². The van der Waals surface area contributed by atoms with E-state index in [9.17, 15) is 13.2 Å². The molecule has 3 heterocycles. The molecule has 0 unspecified atom stereocenters. The lowest BCUT2D eigenvalue weighted by Crippen LogP contribution is -2.08. The predicted octanol–water partition coefficient (Wildman–Crippen LogP) is 8.51. The Labute approximate surface area is 278 Å². The minimum absolute atomic E-state index is 0.0358. The van der Waals surface area contributed by atoms with Crippen LogP contribution in [0.4, 0.5) is 30.5 Å². The summed E-state index contributed by atoms with van der Waals surface area (Å²) in [5, 5.41) is 3.49. The number of ether oxygens (including phenoxy) is 2. The zero-order valence-corrected chi connectivity index (χ0v) is 26.3. The lowest BCUT2D eigenvalue weighted by atomic mass is 10.2. The number of anilines is 3. The number of benzene rings is 3. The first-order valence-corrected chi connectivity index (χ1v) is 15.6. The Kier molecular flexibility index (Phi) is 11.5. The van der Waals surface area contributed by atoms with Gasteiger partial charge in [0, 0.05) is 35.3 Å². The number of hydrogen-bond donors (Lipinski definition) is 2.